The maximum atomic E-state index is 5.36. The normalized spacial score (nSPS) is 12.6. The van der Waals surface area contributed by atoms with Gasteiger partial charge in [-0.2, -0.15) is 0 Å². The number of rotatable bonds is 5. The molecule has 2 aromatic rings. The zero-order valence-corrected chi connectivity index (χ0v) is 11.6. The maximum absolute atomic E-state index is 5.36. The van der Waals surface area contributed by atoms with E-state index in [4.69, 9.17) is 4.42 Å². The summed E-state index contributed by atoms with van der Waals surface area (Å²) in [5.74, 6) is 1.47. The van der Waals surface area contributed by atoms with Crippen LogP contribution < -0.4 is 5.32 Å². The molecule has 5 heteroatoms. The monoisotopic (exact) mass is 263 g/mol. The molecule has 1 aromatic carbocycles. The lowest BCUT2D eigenvalue weighted by Crippen LogP contribution is -2.19. The molecule has 1 aromatic heterocycles. The van der Waals surface area contributed by atoms with E-state index >= 15 is 0 Å². The molecule has 0 aliphatic carbocycles. The standard InChI is InChI=1S/C13H17N3OS/c1-9-6-4-5-7-11(9)12(14-3)8-18-13-16-15-10(2)17-13/h4-7,12,14H,8H2,1-3H3. The molecule has 2 rings (SSSR count). The molecule has 18 heavy (non-hydrogen) atoms. The van der Waals surface area contributed by atoms with Gasteiger partial charge in [0.1, 0.15) is 0 Å². The van der Waals surface area contributed by atoms with Gasteiger partial charge in [0.05, 0.1) is 0 Å². The second-order valence-corrected chi connectivity index (χ2v) is 5.07. The smallest absolute Gasteiger partial charge is 0.276 e. The third-order valence-electron chi connectivity index (χ3n) is 2.79. The van der Waals surface area contributed by atoms with Crippen LogP contribution in [0.15, 0.2) is 33.9 Å². The Morgan fingerprint density at radius 2 is 2.06 bits per heavy atom. The Morgan fingerprint density at radius 1 is 1.28 bits per heavy atom. The van der Waals surface area contributed by atoms with Crippen LogP contribution in [0.4, 0.5) is 0 Å². The molecule has 1 atom stereocenters. The third kappa shape index (κ3) is 3.11. The molecule has 0 aliphatic heterocycles. The lowest BCUT2D eigenvalue weighted by atomic mass is 10.0. The summed E-state index contributed by atoms with van der Waals surface area (Å²) >= 11 is 1.57. The van der Waals surface area contributed by atoms with Gasteiger partial charge < -0.3 is 9.73 Å². The molecule has 0 radical (unpaired) electrons. The number of thioether (sulfide) groups is 1. The van der Waals surface area contributed by atoms with Crippen molar-refractivity contribution in [2.45, 2.75) is 25.1 Å². The van der Waals surface area contributed by atoms with Gasteiger partial charge in [-0.05, 0) is 25.1 Å². The van der Waals surface area contributed by atoms with E-state index in [2.05, 4.69) is 46.7 Å². The van der Waals surface area contributed by atoms with Crippen molar-refractivity contribution in [3.05, 3.63) is 41.3 Å². The molecule has 4 nitrogen and oxygen atoms in total. The van der Waals surface area contributed by atoms with E-state index in [1.54, 1.807) is 18.7 Å². The molecule has 1 N–H and O–H groups in total. The fourth-order valence-electron chi connectivity index (χ4n) is 1.80. The molecule has 1 unspecified atom stereocenters. The first kappa shape index (κ1) is 13.1. The molecule has 96 valence electrons. The van der Waals surface area contributed by atoms with Crippen molar-refractivity contribution in [3.63, 3.8) is 0 Å². The van der Waals surface area contributed by atoms with E-state index in [1.165, 1.54) is 11.1 Å². The summed E-state index contributed by atoms with van der Waals surface area (Å²) in [6.45, 7) is 3.93. The van der Waals surface area contributed by atoms with Crippen LogP contribution in [0.5, 0.6) is 0 Å². The molecule has 0 amide bonds. The second-order valence-electron chi connectivity index (χ2n) is 4.10. The van der Waals surface area contributed by atoms with Gasteiger partial charge in [0.2, 0.25) is 5.89 Å². The molecule has 0 fully saturated rings. The fourth-order valence-corrected chi connectivity index (χ4v) is 2.73. The van der Waals surface area contributed by atoms with Crippen molar-refractivity contribution in [2.24, 2.45) is 0 Å². The van der Waals surface area contributed by atoms with E-state index in [9.17, 15) is 0 Å². The first-order chi connectivity index (χ1) is 8.70. The lowest BCUT2D eigenvalue weighted by molar-refractivity contribution is 0.428. The Bertz CT molecular complexity index is 512. The van der Waals surface area contributed by atoms with E-state index in [0.29, 0.717) is 11.1 Å². The summed E-state index contributed by atoms with van der Waals surface area (Å²) in [5.41, 5.74) is 2.60. The lowest BCUT2D eigenvalue weighted by Gasteiger charge is -2.17. The van der Waals surface area contributed by atoms with Crippen LogP contribution in [0.25, 0.3) is 0 Å². The molecule has 0 bridgehead atoms. The van der Waals surface area contributed by atoms with Gasteiger partial charge in [-0.3, -0.25) is 0 Å². The zero-order valence-electron chi connectivity index (χ0n) is 10.8. The third-order valence-corrected chi connectivity index (χ3v) is 3.71. The van der Waals surface area contributed by atoms with Gasteiger partial charge in [0, 0.05) is 18.7 Å². The molecular formula is C13H17N3OS. The summed E-state index contributed by atoms with van der Waals surface area (Å²) < 4.78 is 5.36. The minimum absolute atomic E-state index is 0.281. The number of hydrogen-bond donors (Lipinski definition) is 1. The zero-order chi connectivity index (χ0) is 13.0. The van der Waals surface area contributed by atoms with Crippen LogP contribution in [-0.4, -0.2) is 23.0 Å². The highest BCUT2D eigenvalue weighted by Crippen LogP contribution is 2.25. The molecule has 0 saturated heterocycles. The predicted molar refractivity (Wildman–Crippen MR) is 72.7 cm³/mol. The Balaban J connectivity index is 2.04. The number of nitrogens with one attached hydrogen (secondary N) is 1. The average molecular weight is 263 g/mol. The van der Waals surface area contributed by atoms with E-state index in [1.807, 2.05) is 7.05 Å². The Labute approximate surface area is 111 Å². The van der Waals surface area contributed by atoms with E-state index in [0.717, 1.165) is 5.75 Å². The largest absolute Gasteiger partial charge is 0.416 e. The number of aromatic nitrogens is 2. The van der Waals surface area contributed by atoms with Crippen molar-refractivity contribution >= 4 is 11.8 Å². The fraction of sp³-hybridized carbons (Fsp3) is 0.385. The Hall–Kier alpha value is -1.33. The van der Waals surface area contributed by atoms with Gasteiger partial charge in [0.15, 0.2) is 0 Å². The van der Waals surface area contributed by atoms with E-state index < -0.39 is 0 Å². The van der Waals surface area contributed by atoms with Gasteiger partial charge in [0.25, 0.3) is 5.22 Å². The van der Waals surface area contributed by atoms with Crippen molar-refractivity contribution in [2.75, 3.05) is 12.8 Å². The van der Waals surface area contributed by atoms with Crippen LogP contribution >= 0.6 is 11.8 Å². The summed E-state index contributed by atoms with van der Waals surface area (Å²) in [5, 5.41) is 11.8. The number of aryl methyl sites for hydroxylation is 2. The summed E-state index contributed by atoms with van der Waals surface area (Å²) in [7, 11) is 1.97. The van der Waals surface area contributed by atoms with Crippen molar-refractivity contribution in [1.29, 1.82) is 0 Å². The van der Waals surface area contributed by atoms with Gasteiger partial charge in [-0.1, -0.05) is 36.0 Å². The van der Waals surface area contributed by atoms with Crippen molar-refractivity contribution in [1.82, 2.24) is 15.5 Å². The minimum Gasteiger partial charge on any atom is -0.416 e. The molecule has 0 aliphatic rings. The number of nitrogens with zero attached hydrogens (tertiary/aromatic N) is 2. The van der Waals surface area contributed by atoms with Crippen LogP contribution in [0.2, 0.25) is 0 Å². The first-order valence-corrected chi connectivity index (χ1v) is 6.85. The van der Waals surface area contributed by atoms with Gasteiger partial charge in [-0.25, -0.2) is 0 Å². The van der Waals surface area contributed by atoms with Crippen LogP contribution in [0, 0.1) is 13.8 Å². The summed E-state index contributed by atoms with van der Waals surface area (Å²) in [6.07, 6.45) is 0. The van der Waals surface area contributed by atoms with Crippen molar-refractivity contribution < 1.29 is 4.42 Å². The second kappa shape index (κ2) is 6.02. The first-order valence-electron chi connectivity index (χ1n) is 5.86. The van der Waals surface area contributed by atoms with E-state index in [-0.39, 0.29) is 6.04 Å². The molecule has 0 spiro atoms. The summed E-state index contributed by atoms with van der Waals surface area (Å²) in [6, 6.07) is 8.68. The van der Waals surface area contributed by atoms with Crippen LogP contribution in [-0.2, 0) is 0 Å². The quantitative estimate of drug-likeness (QED) is 0.841. The minimum atomic E-state index is 0.281. The number of hydrogen-bond acceptors (Lipinski definition) is 5. The molecule has 0 saturated carbocycles. The maximum Gasteiger partial charge on any atom is 0.276 e. The molecular weight excluding hydrogens is 246 g/mol. The van der Waals surface area contributed by atoms with Crippen molar-refractivity contribution in [3.8, 4) is 0 Å². The number of benzene rings is 1. The van der Waals surface area contributed by atoms with Gasteiger partial charge in [-0.15, -0.1) is 10.2 Å². The highest BCUT2D eigenvalue weighted by molar-refractivity contribution is 7.99. The SMILES string of the molecule is CNC(CSc1nnc(C)o1)c1ccccc1C. The Morgan fingerprint density at radius 3 is 2.67 bits per heavy atom. The van der Waals surface area contributed by atoms with Gasteiger partial charge >= 0.3 is 0 Å². The van der Waals surface area contributed by atoms with Crippen LogP contribution in [0.3, 0.4) is 0 Å². The average Bonchev–Trinajstić information content (AvgIpc) is 2.78. The highest BCUT2D eigenvalue weighted by Gasteiger charge is 2.13. The topological polar surface area (TPSA) is 51.0 Å². The predicted octanol–water partition coefficient (Wildman–Crippen LogP) is 2.74. The van der Waals surface area contributed by atoms with Crippen LogP contribution in [0.1, 0.15) is 23.1 Å². The summed E-state index contributed by atoms with van der Waals surface area (Å²) in [4.78, 5) is 0. The molecule has 1 heterocycles. The highest BCUT2D eigenvalue weighted by atomic mass is 32.2. The Kier molecular flexibility index (Phi) is 4.38.